The Morgan fingerprint density at radius 1 is 1.31 bits per heavy atom. The predicted octanol–water partition coefficient (Wildman–Crippen LogP) is 2.66. The van der Waals surface area contributed by atoms with Gasteiger partial charge in [0.05, 0.1) is 0 Å². The zero-order valence-electron chi connectivity index (χ0n) is 10.3. The Hall–Kier alpha value is -1.02. The SMILES string of the molecule is CC(C)Cc1ccc(NC2CCNC2)cc1. The zero-order chi connectivity index (χ0) is 11.4. The fourth-order valence-electron chi connectivity index (χ4n) is 2.22. The summed E-state index contributed by atoms with van der Waals surface area (Å²) in [5.74, 6) is 0.734. The fraction of sp³-hybridized carbons (Fsp3) is 0.571. The first kappa shape index (κ1) is 11.5. The summed E-state index contributed by atoms with van der Waals surface area (Å²) in [7, 11) is 0. The van der Waals surface area contributed by atoms with E-state index in [0.29, 0.717) is 6.04 Å². The van der Waals surface area contributed by atoms with Crippen LogP contribution in [-0.4, -0.2) is 19.1 Å². The molecule has 2 nitrogen and oxygen atoms in total. The van der Waals surface area contributed by atoms with Crippen LogP contribution in [0.5, 0.6) is 0 Å². The van der Waals surface area contributed by atoms with Gasteiger partial charge in [-0.05, 0) is 43.0 Å². The van der Waals surface area contributed by atoms with Gasteiger partial charge in [0.1, 0.15) is 0 Å². The lowest BCUT2D eigenvalue weighted by atomic mass is 10.0. The Balaban J connectivity index is 1.90. The van der Waals surface area contributed by atoms with Gasteiger partial charge in [-0.3, -0.25) is 0 Å². The van der Waals surface area contributed by atoms with E-state index in [1.165, 1.54) is 24.1 Å². The Bertz CT molecular complexity index is 310. The van der Waals surface area contributed by atoms with Gasteiger partial charge in [-0.1, -0.05) is 26.0 Å². The average Bonchev–Trinajstić information content (AvgIpc) is 2.73. The summed E-state index contributed by atoms with van der Waals surface area (Å²) in [6.45, 7) is 6.75. The summed E-state index contributed by atoms with van der Waals surface area (Å²) < 4.78 is 0. The second-order valence-electron chi connectivity index (χ2n) is 5.13. The summed E-state index contributed by atoms with van der Waals surface area (Å²) in [6, 6.07) is 9.50. The van der Waals surface area contributed by atoms with E-state index in [4.69, 9.17) is 0 Å². The van der Waals surface area contributed by atoms with Crippen LogP contribution in [0.25, 0.3) is 0 Å². The van der Waals surface area contributed by atoms with Crippen molar-refractivity contribution in [1.29, 1.82) is 0 Å². The van der Waals surface area contributed by atoms with Crippen molar-refractivity contribution >= 4 is 5.69 Å². The molecule has 0 saturated carbocycles. The second-order valence-corrected chi connectivity index (χ2v) is 5.13. The first-order chi connectivity index (χ1) is 7.74. The lowest BCUT2D eigenvalue weighted by Gasteiger charge is -2.13. The average molecular weight is 218 g/mol. The Morgan fingerprint density at radius 3 is 2.62 bits per heavy atom. The second kappa shape index (κ2) is 5.35. The number of anilines is 1. The number of nitrogens with one attached hydrogen (secondary N) is 2. The Labute approximate surface area is 98.4 Å². The largest absolute Gasteiger partial charge is 0.381 e. The van der Waals surface area contributed by atoms with E-state index in [0.717, 1.165) is 19.0 Å². The molecule has 2 rings (SSSR count). The van der Waals surface area contributed by atoms with Gasteiger partial charge in [-0.2, -0.15) is 0 Å². The Kier molecular flexibility index (Phi) is 3.83. The van der Waals surface area contributed by atoms with Crippen LogP contribution in [0.1, 0.15) is 25.8 Å². The monoisotopic (exact) mass is 218 g/mol. The molecule has 1 aliphatic rings. The summed E-state index contributed by atoms with van der Waals surface area (Å²) in [5, 5.41) is 6.93. The van der Waals surface area contributed by atoms with Gasteiger partial charge in [0, 0.05) is 18.3 Å². The molecule has 1 heterocycles. The molecule has 1 saturated heterocycles. The molecule has 0 spiro atoms. The fourth-order valence-corrected chi connectivity index (χ4v) is 2.22. The highest BCUT2D eigenvalue weighted by Gasteiger charge is 2.13. The van der Waals surface area contributed by atoms with Crippen LogP contribution >= 0.6 is 0 Å². The molecule has 16 heavy (non-hydrogen) atoms. The maximum atomic E-state index is 3.56. The van der Waals surface area contributed by atoms with Crippen molar-refractivity contribution in [3.8, 4) is 0 Å². The van der Waals surface area contributed by atoms with Crippen molar-refractivity contribution in [1.82, 2.24) is 5.32 Å². The first-order valence-corrected chi connectivity index (χ1v) is 6.30. The topological polar surface area (TPSA) is 24.1 Å². The molecule has 1 aromatic rings. The number of hydrogen-bond acceptors (Lipinski definition) is 2. The number of hydrogen-bond donors (Lipinski definition) is 2. The van der Waals surface area contributed by atoms with Crippen LogP contribution in [0, 0.1) is 5.92 Å². The number of rotatable bonds is 4. The molecule has 0 aromatic heterocycles. The molecule has 2 heteroatoms. The molecule has 1 aliphatic heterocycles. The van der Waals surface area contributed by atoms with E-state index in [1.54, 1.807) is 0 Å². The van der Waals surface area contributed by atoms with Crippen LogP contribution < -0.4 is 10.6 Å². The lowest BCUT2D eigenvalue weighted by Crippen LogP contribution is -2.21. The standard InChI is InChI=1S/C14H22N2/c1-11(2)9-12-3-5-13(6-4-12)16-14-7-8-15-10-14/h3-6,11,14-16H,7-10H2,1-2H3. The molecular formula is C14H22N2. The van der Waals surface area contributed by atoms with E-state index in [2.05, 4.69) is 48.7 Å². The van der Waals surface area contributed by atoms with Gasteiger partial charge in [-0.25, -0.2) is 0 Å². The number of benzene rings is 1. The third-order valence-corrected chi connectivity index (χ3v) is 3.03. The first-order valence-electron chi connectivity index (χ1n) is 6.30. The van der Waals surface area contributed by atoms with Crippen LogP contribution in [0.2, 0.25) is 0 Å². The normalized spacial score (nSPS) is 20.3. The zero-order valence-corrected chi connectivity index (χ0v) is 10.3. The minimum atomic E-state index is 0.607. The molecule has 0 amide bonds. The van der Waals surface area contributed by atoms with Gasteiger partial charge in [0.15, 0.2) is 0 Å². The van der Waals surface area contributed by atoms with E-state index >= 15 is 0 Å². The minimum absolute atomic E-state index is 0.607. The van der Waals surface area contributed by atoms with Gasteiger partial charge >= 0.3 is 0 Å². The van der Waals surface area contributed by atoms with E-state index < -0.39 is 0 Å². The highest BCUT2D eigenvalue weighted by atomic mass is 15.0. The quantitative estimate of drug-likeness (QED) is 0.812. The molecule has 1 unspecified atom stereocenters. The van der Waals surface area contributed by atoms with Crippen molar-refractivity contribution in [3.63, 3.8) is 0 Å². The highest BCUT2D eigenvalue weighted by molar-refractivity contribution is 5.45. The molecule has 0 aliphatic carbocycles. The van der Waals surface area contributed by atoms with Crippen molar-refractivity contribution < 1.29 is 0 Å². The summed E-state index contributed by atoms with van der Waals surface area (Å²) >= 11 is 0. The van der Waals surface area contributed by atoms with Gasteiger partial charge in [0.2, 0.25) is 0 Å². The van der Waals surface area contributed by atoms with E-state index in [9.17, 15) is 0 Å². The molecule has 0 bridgehead atoms. The smallest absolute Gasteiger partial charge is 0.0398 e. The van der Waals surface area contributed by atoms with Crippen molar-refractivity contribution in [2.75, 3.05) is 18.4 Å². The van der Waals surface area contributed by atoms with Crippen molar-refractivity contribution in [2.45, 2.75) is 32.7 Å². The third-order valence-electron chi connectivity index (χ3n) is 3.03. The summed E-state index contributed by atoms with van der Waals surface area (Å²) in [5.41, 5.74) is 2.69. The maximum Gasteiger partial charge on any atom is 0.0398 e. The van der Waals surface area contributed by atoms with Crippen LogP contribution in [-0.2, 0) is 6.42 Å². The molecule has 2 N–H and O–H groups in total. The molecular weight excluding hydrogens is 196 g/mol. The molecule has 1 aromatic carbocycles. The lowest BCUT2D eigenvalue weighted by molar-refractivity contribution is 0.647. The molecule has 0 radical (unpaired) electrons. The van der Waals surface area contributed by atoms with Gasteiger partial charge in [-0.15, -0.1) is 0 Å². The minimum Gasteiger partial charge on any atom is -0.381 e. The van der Waals surface area contributed by atoms with E-state index in [1.807, 2.05) is 0 Å². The van der Waals surface area contributed by atoms with Gasteiger partial charge < -0.3 is 10.6 Å². The molecule has 1 fully saturated rings. The maximum absolute atomic E-state index is 3.56. The third kappa shape index (κ3) is 3.24. The van der Waals surface area contributed by atoms with E-state index in [-0.39, 0.29) is 0 Å². The predicted molar refractivity (Wildman–Crippen MR) is 69.9 cm³/mol. The molecule has 1 atom stereocenters. The molecule has 88 valence electrons. The Morgan fingerprint density at radius 2 is 2.06 bits per heavy atom. The van der Waals surface area contributed by atoms with Crippen LogP contribution in [0.3, 0.4) is 0 Å². The van der Waals surface area contributed by atoms with Gasteiger partial charge in [0.25, 0.3) is 0 Å². The van der Waals surface area contributed by atoms with Crippen LogP contribution in [0.15, 0.2) is 24.3 Å². The highest BCUT2D eigenvalue weighted by Crippen LogP contribution is 2.15. The van der Waals surface area contributed by atoms with Crippen molar-refractivity contribution in [2.24, 2.45) is 5.92 Å². The summed E-state index contributed by atoms with van der Waals surface area (Å²) in [4.78, 5) is 0. The van der Waals surface area contributed by atoms with Crippen LogP contribution in [0.4, 0.5) is 5.69 Å². The summed E-state index contributed by atoms with van der Waals surface area (Å²) in [6.07, 6.45) is 2.40. The van der Waals surface area contributed by atoms with Crippen molar-refractivity contribution in [3.05, 3.63) is 29.8 Å².